The van der Waals surface area contributed by atoms with Crippen LogP contribution in [-0.2, 0) is 11.4 Å². The number of benzene rings is 1. The first-order valence-electron chi connectivity index (χ1n) is 7.39. The van der Waals surface area contributed by atoms with Crippen LogP contribution in [0.4, 0.5) is 13.2 Å². The highest BCUT2D eigenvalue weighted by atomic mass is 19.4. The van der Waals surface area contributed by atoms with Gasteiger partial charge in [0.05, 0.1) is 6.54 Å². The van der Waals surface area contributed by atoms with Crippen LogP contribution in [0.15, 0.2) is 36.5 Å². The molecule has 2 aromatic rings. The van der Waals surface area contributed by atoms with E-state index in [2.05, 4.69) is 9.72 Å². The molecular weight excluding hydrogens is 371 g/mol. The van der Waals surface area contributed by atoms with E-state index in [0.717, 1.165) is 12.1 Å². The van der Waals surface area contributed by atoms with Crippen molar-refractivity contribution in [3.63, 3.8) is 0 Å². The third-order valence-corrected chi connectivity index (χ3v) is 3.09. The quantitative estimate of drug-likeness (QED) is 0.688. The topological polar surface area (TPSA) is 124 Å². The van der Waals surface area contributed by atoms with Crippen molar-refractivity contribution in [2.45, 2.75) is 13.0 Å². The van der Waals surface area contributed by atoms with Crippen molar-refractivity contribution >= 4 is 11.8 Å². The molecule has 0 bridgehead atoms. The van der Waals surface area contributed by atoms with Gasteiger partial charge in [0.1, 0.15) is 12.4 Å². The van der Waals surface area contributed by atoms with Crippen molar-refractivity contribution in [2.24, 2.45) is 5.73 Å². The van der Waals surface area contributed by atoms with Crippen molar-refractivity contribution < 1.29 is 37.3 Å². The number of imide groups is 1. The summed E-state index contributed by atoms with van der Waals surface area (Å²) in [4.78, 5) is 26.6. The fourth-order valence-electron chi connectivity index (χ4n) is 1.90. The van der Waals surface area contributed by atoms with Crippen LogP contribution in [0.3, 0.4) is 0 Å². The highest BCUT2D eigenvalue weighted by molar-refractivity contribution is 6.05. The summed E-state index contributed by atoms with van der Waals surface area (Å²) in [5.74, 6) is -2.81. The Hall–Kier alpha value is -3.34. The van der Waals surface area contributed by atoms with Crippen LogP contribution in [0.5, 0.6) is 17.2 Å². The van der Waals surface area contributed by atoms with Crippen LogP contribution in [0, 0.1) is 0 Å². The number of pyridine rings is 1. The van der Waals surface area contributed by atoms with Crippen LogP contribution in [0.25, 0.3) is 0 Å². The maximum atomic E-state index is 12.1. The molecule has 0 unspecified atom stereocenters. The molecule has 0 aliphatic carbocycles. The zero-order valence-electron chi connectivity index (χ0n) is 13.6. The van der Waals surface area contributed by atoms with Gasteiger partial charge in [-0.05, 0) is 17.7 Å². The molecule has 1 heterocycles. The molecule has 8 nitrogen and oxygen atoms in total. The summed E-state index contributed by atoms with van der Waals surface area (Å²) in [5.41, 5.74) is 5.12. The lowest BCUT2D eigenvalue weighted by Gasteiger charge is -2.11. The molecule has 27 heavy (non-hydrogen) atoms. The molecule has 0 spiro atoms. The molecule has 0 radical (unpaired) electrons. The van der Waals surface area contributed by atoms with Crippen LogP contribution in [0.1, 0.15) is 16.1 Å². The van der Waals surface area contributed by atoms with E-state index in [1.807, 2.05) is 5.32 Å². The molecule has 11 heteroatoms. The minimum Gasteiger partial charge on any atom is -0.503 e. The molecule has 0 fully saturated rings. The number of nitrogens with two attached hydrogens (primary N) is 1. The van der Waals surface area contributed by atoms with Gasteiger partial charge in [-0.15, -0.1) is 13.2 Å². The number of aromatic hydroxyl groups is 1. The van der Waals surface area contributed by atoms with E-state index in [1.165, 1.54) is 24.4 Å². The molecule has 4 N–H and O–H groups in total. The molecule has 0 saturated heterocycles. The average Bonchev–Trinajstić information content (AvgIpc) is 2.60. The van der Waals surface area contributed by atoms with Gasteiger partial charge in [0.15, 0.2) is 17.2 Å². The number of hydrogen-bond acceptors (Lipinski definition) is 7. The van der Waals surface area contributed by atoms with Gasteiger partial charge in [-0.1, -0.05) is 12.1 Å². The van der Waals surface area contributed by atoms with Crippen molar-refractivity contribution in [3.05, 3.63) is 47.8 Å². The monoisotopic (exact) mass is 385 g/mol. The Labute approximate surface area is 150 Å². The van der Waals surface area contributed by atoms with Crippen molar-refractivity contribution in [3.8, 4) is 17.2 Å². The number of carbonyl (C=O) groups excluding carboxylic acids is 2. The normalized spacial score (nSPS) is 11.0. The van der Waals surface area contributed by atoms with E-state index in [0.29, 0.717) is 5.56 Å². The number of hydrogen-bond donors (Lipinski definition) is 3. The maximum absolute atomic E-state index is 12.1. The van der Waals surface area contributed by atoms with Gasteiger partial charge >= 0.3 is 6.36 Å². The summed E-state index contributed by atoms with van der Waals surface area (Å²) >= 11 is 0. The average molecular weight is 385 g/mol. The Morgan fingerprint density at radius 1 is 1.19 bits per heavy atom. The number of nitrogens with one attached hydrogen (secondary N) is 1. The van der Waals surface area contributed by atoms with E-state index < -0.39 is 36.2 Å². The minimum atomic E-state index is -4.79. The fraction of sp³-hybridized carbons (Fsp3) is 0.188. The zero-order chi connectivity index (χ0) is 20.0. The second-order valence-corrected chi connectivity index (χ2v) is 5.07. The summed E-state index contributed by atoms with van der Waals surface area (Å²) in [6.07, 6.45) is -3.61. The second kappa shape index (κ2) is 8.36. The maximum Gasteiger partial charge on any atom is 0.573 e. The molecule has 2 amide bonds. The van der Waals surface area contributed by atoms with Gasteiger partial charge in [0.25, 0.3) is 5.91 Å². The van der Waals surface area contributed by atoms with E-state index in [9.17, 15) is 27.9 Å². The number of alkyl halides is 3. The Bertz CT molecular complexity index is 825. The lowest BCUT2D eigenvalue weighted by molar-refractivity contribution is -0.274. The predicted molar refractivity (Wildman–Crippen MR) is 84.9 cm³/mol. The summed E-state index contributed by atoms with van der Waals surface area (Å²) in [7, 11) is 0. The molecule has 1 aromatic heterocycles. The SMILES string of the molecule is NCC(=O)NC(=O)c1nccc(OCc2ccc(OC(F)(F)F)cc2)c1O. The van der Waals surface area contributed by atoms with Crippen molar-refractivity contribution in [1.82, 2.24) is 10.3 Å². The summed E-state index contributed by atoms with van der Waals surface area (Å²) in [6.45, 7) is -0.538. The Kier molecular flexibility index (Phi) is 6.19. The molecule has 2 rings (SSSR count). The predicted octanol–water partition coefficient (Wildman–Crippen LogP) is 1.48. The van der Waals surface area contributed by atoms with Crippen LogP contribution >= 0.6 is 0 Å². The highest BCUT2D eigenvalue weighted by Crippen LogP contribution is 2.29. The number of amides is 2. The second-order valence-electron chi connectivity index (χ2n) is 5.07. The highest BCUT2D eigenvalue weighted by Gasteiger charge is 2.30. The van der Waals surface area contributed by atoms with Gasteiger partial charge in [0, 0.05) is 12.3 Å². The van der Waals surface area contributed by atoms with Gasteiger partial charge < -0.3 is 20.3 Å². The largest absolute Gasteiger partial charge is 0.573 e. The third-order valence-electron chi connectivity index (χ3n) is 3.09. The van der Waals surface area contributed by atoms with Gasteiger partial charge in [-0.3, -0.25) is 14.9 Å². The van der Waals surface area contributed by atoms with Gasteiger partial charge in [-0.2, -0.15) is 0 Å². The van der Waals surface area contributed by atoms with E-state index >= 15 is 0 Å². The van der Waals surface area contributed by atoms with Crippen LogP contribution in [0.2, 0.25) is 0 Å². The number of rotatable bonds is 6. The molecule has 1 aromatic carbocycles. The van der Waals surface area contributed by atoms with E-state index in [-0.39, 0.29) is 18.1 Å². The lowest BCUT2D eigenvalue weighted by Crippen LogP contribution is -2.35. The Balaban J connectivity index is 2.05. The van der Waals surface area contributed by atoms with Gasteiger partial charge in [0.2, 0.25) is 5.91 Å². The first-order valence-corrected chi connectivity index (χ1v) is 7.39. The molecule has 0 aliphatic rings. The van der Waals surface area contributed by atoms with Gasteiger partial charge in [-0.25, -0.2) is 4.98 Å². The van der Waals surface area contributed by atoms with E-state index in [4.69, 9.17) is 10.5 Å². The number of halogens is 3. The third kappa shape index (κ3) is 5.85. The first-order chi connectivity index (χ1) is 12.7. The fourth-order valence-corrected chi connectivity index (χ4v) is 1.90. The minimum absolute atomic E-state index is 0.106. The molecule has 0 aliphatic heterocycles. The molecule has 0 atom stereocenters. The number of carbonyl (C=O) groups is 2. The van der Waals surface area contributed by atoms with Crippen LogP contribution in [-0.4, -0.2) is 34.8 Å². The first kappa shape index (κ1) is 20.0. The summed E-state index contributed by atoms with van der Waals surface area (Å²) in [6, 6.07) is 6.17. The number of aromatic nitrogens is 1. The lowest BCUT2D eigenvalue weighted by atomic mass is 10.2. The summed E-state index contributed by atoms with van der Waals surface area (Å²) in [5, 5.41) is 12.0. The Morgan fingerprint density at radius 3 is 2.44 bits per heavy atom. The zero-order valence-corrected chi connectivity index (χ0v) is 13.6. The number of ether oxygens (including phenoxy) is 2. The number of nitrogens with zero attached hydrogens (tertiary/aromatic N) is 1. The molecule has 0 saturated carbocycles. The van der Waals surface area contributed by atoms with Crippen molar-refractivity contribution in [2.75, 3.05) is 6.54 Å². The van der Waals surface area contributed by atoms with Crippen molar-refractivity contribution in [1.29, 1.82) is 0 Å². The van der Waals surface area contributed by atoms with Crippen LogP contribution < -0.4 is 20.5 Å². The summed E-state index contributed by atoms with van der Waals surface area (Å²) < 4.78 is 45.5. The Morgan fingerprint density at radius 2 is 1.85 bits per heavy atom. The molecule has 144 valence electrons. The van der Waals surface area contributed by atoms with E-state index in [1.54, 1.807) is 0 Å². The molecular formula is C16H14F3N3O5. The smallest absolute Gasteiger partial charge is 0.503 e. The standard InChI is InChI=1S/C16H14F3N3O5/c17-16(18,19)27-10-3-1-9(2-4-10)8-26-11-5-6-21-13(14(11)24)15(25)22-12(23)7-20/h1-6,24H,7-8,20H2,(H,22,23,25).